The highest BCUT2D eigenvalue weighted by Crippen LogP contribution is 2.39. The molecule has 3 rings (SSSR count). The number of para-hydroxylation sites is 1. The molecule has 0 aliphatic carbocycles. The highest BCUT2D eigenvalue weighted by Gasteiger charge is 2.28. The zero-order valence-electron chi connectivity index (χ0n) is 10.7. The van der Waals surface area contributed by atoms with E-state index in [9.17, 15) is 0 Å². The fourth-order valence-corrected chi connectivity index (χ4v) is 3.43. The third kappa shape index (κ3) is 2.19. The van der Waals surface area contributed by atoms with E-state index in [1.807, 2.05) is 0 Å². The van der Waals surface area contributed by atoms with Crippen molar-refractivity contribution in [3.63, 3.8) is 0 Å². The molecule has 1 fully saturated rings. The smallest absolute Gasteiger partial charge is 0.0399 e. The molecular weight excluding hydrogens is 208 g/mol. The minimum absolute atomic E-state index is 0.763. The number of nitrogens with one attached hydrogen (secondary N) is 1. The Balaban J connectivity index is 1.72. The van der Waals surface area contributed by atoms with Crippen molar-refractivity contribution >= 4 is 5.69 Å². The lowest BCUT2D eigenvalue weighted by atomic mass is 9.85. The summed E-state index contributed by atoms with van der Waals surface area (Å²) < 4.78 is 0. The van der Waals surface area contributed by atoms with Gasteiger partial charge < -0.3 is 10.2 Å². The van der Waals surface area contributed by atoms with Gasteiger partial charge in [0.1, 0.15) is 0 Å². The third-order valence-corrected chi connectivity index (χ3v) is 4.36. The first-order valence-electron chi connectivity index (χ1n) is 6.85. The molecule has 2 nitrogen and oxygen atoms in total. The molecule has 0 radical (unpaired) electrons. The molecule has 0 aromatic heterocycles. The first-order valence-corrected chi connectivity index (χ1v) is 6.85. The van der Waals surface area contributed by atoms with Crippen LogP contribution in [0.5, 0.6) is 0 Å². The number of piperidine rings is 1. The summed E-state index contributed by atoms with van der Waals surface area (Å²) in [6.07, 6.45) is 4.10. The van der Waals surface area contributed by atoms with Gasteiger partial charge in [-0.1, -0.05) is 18.2 Å². The topological polar surface area (TPSA) is 15.3 Å². The SMILES string of the molecule is CN1CC(CC2CCNCC2)c2ccccc21. The highest BCUT2D eigenvalue weighted by molar-refractivity contribution is 5.59. The Bertz CT molecular complexity index is 382. The quantitative estimate of drug-likeness (QED) is 0.840. The lowest BCUT2D eigenvalue weighted by Crippen LogP contribution is -2.29. The Morgan fingerprint density at radius 3 is 2.82 bits per heavy atom. The van der Waals surface area contributed by atoms with Gasteiger partial charge in [-0.15, -0.1) is 0 Å². The van der Waals surface area contributed by atoms with Gasteiger partial charge in [-0.25, -0.2) is 0 Å². The van der Waals surface area contributed by atoms with Crippen molar-refractivity contribution in [2.45, 2.75) is 25.2 Å². The molecule has 2 aliphatic rings. The fraction of sp³-hybridized carbons (Fsp3) is 0.600. The van der Waals surface area contributed by atoms with E-state index in [-0.39, 0.29) is 0 Å². The maximum Gasteiger partial charge on any atom is 0.0399 e. The van der Waals surface area contributed by atoms with Gasteiger partial charge in [0, 0.05) is 25.2 Å². The fourth-order valence-electron chi connectivity index (χ4n) is 3.43. The minimum atomic E-state index is 0.763. The Labute approximate surface area is 104 Å². The summed E-state index contributed by atoms with van der Waals surface area (Å²) in [5, 5.41) is 3.46. The van der Waals surface area contributed by atoms with Crippen LogP contribution in [0.25, 0.3) is 0 Å². The second-order valence-corrected chi connectivity index (χ2v) is 5.57. The van der Waals surface area contributed by atoms with Crippen LogP contribution >= 0.6 is 0 Å². The van der Waals surface area contributed by atoms with Gasteiger partial charge in [0.25, 0.3) is 0 Å². The van der Waals surface area contributed by atoms with E-state index in [4.69, 9.17) is 0 Å². The average molecular weight is 230 g/mol. The maximum atomic E-state index is 3.46. The van der Waals surface area contributed by atoms with Crippen LogP contribution < -0.4 is 10.2 Å². The second kappa shape index (κ2) is 4.69. The van der Waals surface area contributed by atoms with Crippen LogP contribution in [0.3, 0.4) is 0 Å². The van der Waals surface area contributed by atoms with Crippen LogP contribution in [0.4, 0.5) is 5.69 Å². The monoisotopic (exact) mass is 230 g/mol. The van der Waals surface area contributed by atoms with Crippen molar-refractivity contribution in [1.29, 1.82) is 0 Å². The Hall–Kier alpha value is -1.02. The number of rotatable bonds is 2. The molecule has 1 N–H and O–H groups in total. The van der Waals surface area contributed by atoms with Crippen molar-refractivity contribution in [2.24, 2.45) is 5.92 Å². The van der Waals surface area contributed by atoms with Crippen molar-refractivity contribution < 1.29 is 0 Å². The molecular formula is C15H22N2. The number of likely N-dealkylation sites (N-methyl/N-ethyl adjacent to an activating group) is 1. The van der Waals surface area contributed by atoms with Crippen LogP contribution in [0.15, 0.2) is 24.3 Å². The van der Waals surface area contributed by atoms with Crippen molar-refractivity contribution in [3.8, 4) is 0 Å². The average Bonchev–Trinajstić information content (AvgIpc) is 2.69. The van der Waals surface area contributed by atoms with Crippen LogP contribution in [-0.2, 0) is 0 Å². The van der Waals surface area contributed by atoms with Gasteiger partial charge in [-0.05, 0) is 49.9 Å². The second-order valence-electron chi connectivity index (χ2n) is 5.57. The van der Waals surface area contributed by atoms with Crippen molar-refractivity contribution in [3.05, 3.63) is 29.8 Å². The van der Waals surface area contributed by atoms with Gasteiger partial charge >= 0.3 is 0 Å². The van der Waals surface area contributed by atoms with E-state index < -0.39 is 0 Å². The van der Waals surface area contributed by atoms with E-state index in [2.05, 4.69) is 41.5 Å². The summed E-state index contributed by atoms with van der Waals surface area (Å²) >= 11 is 0. The summed E-state index contributed by atoms with van der Waals surface area (Å²) in [6.45, 7) is 3.65. The maximum absolute atomic E-state index is 3.46. The summed E-state index contributed by atoms with van der Waals surface area (Å²) in [4.78, 5) is 2.42. The number of nitrogens with zero attached hydrogens (tertiary/aromatic N) is 1. The number of anilines is 1. The van der Waals surface area contributed by atoms with Crippen LogP contribution in [0.1, 0.15) is 30.7 Å². The van der Waals surface area contributed by atoms with Gasteiger partial charge in [-0.2, -0.15) is 0 Å². The third-order valence-electron chi connectivity index (χ3n) is 4.36. The van der Waals surface area contributed by atoms with Gasteiger partial charge in [0.15, 0.2) is 0 Å². The van der Waals surface area contributed by atoms with Crippen LogP contribution in [0.2, 0.25) is 0 Å². The summed E-state index contributed by atoms with van der Waals surface area (Å²) in [7, 11) is 2.22. The molecule has 0 amide bonds. The van der Waals surface area contributed by atoms with E-state index in [1.54, 1.807) is 5.56 Å². The number of benzene rings is 1. The van der Waals surface area contributed by atoms with E-state index in [1.165, 1.54) is 44.6 Å². The molecule has 1 aromatic carbocycles. The summed E-state index contributed by atoms with van der Waals surface area (Å²) in [5.74, 6) is 1.69. The van der Waals surface area contributed by atoms with Gasteiger partial charge in [0.2, 0.25) is 0 Å². The molecule has 1 unspecified atom stereocenters. The molecule has 1 aromatic rings. The molecule has 1 atom stereocenters. The molecule has 2 heteroatoms. The summed E-state index contributed by atoms with van der Waals surface area (Å²) in [5.41, 5.74) is 3.03. The van der Waals surface area contributed by atoms with E-state index >= 15 is 0 Å². The lowest BCUT2D eigenvalue weighted by molar-refractivity contribution is 0.335. The predicted molar refractivity (Wildman–Crippen MR) is 72.7 cm³/mol. The van der Waals surface area contributed by atoms with E-state index in [0.29, 0.717) is 0 Å². The standard InChI is InChI=1S/C15H22N2/c1-17-11-13(10-12-6-8-16-9-7-12)14-4-2-3-5-15(14)17/h2-5,12-13,16H,6-11H2,1H3. The molecule has 2 heterocycles. The van der Waals surface area contributed by atoms with Crippen LogP contribution in [-0.4, -0.2) is 26.7 Å². The van der Waals surface area contributed by atoms with Crippen molar-refractivity contribution in [1.82, 2.24) is 5.32 Å². The number of fused-ring (bicyclic) bond motifs is 1. The molecule has 0 saturated carbocycles. The minimum Gasteiger partial charge on any atom is -0.374 e. The predicted octanol–water partition coefficient (Wildman–Crippen LogP) is 2.61. The van der Waals surface area contributed by atoms with Crippen LogP contribution in [0, 0.1) is 5.92 Å². The molecule has 92 valence electrons. The normalized spacial score (nSPS) is 25.0. The molecule has 0 bridgehead atoms. The number of hydrogen-bond acceptors (Lipinski definition) is 2. The first kappa shape index (κ1) is 11.1. The Morgan fingerprint density at radius 1 is 1.24 bits per heavy atom. The van der Waals surface area contributed by atoms with E-state index in [0.717, 1.165) is 11.8 Å². The van der Waals surface area contributed by atoms with Crippen molar-refractivity contribution in [2.75, 3.05) is 31.6 Å². The van der Waals surface area contributed by atoms with Gasteiger partial charge in [0.05, 0.1) is 0 Å². The Morgan fingerprint density at radius 2 is 2.00 bits per heavy atom. The number of hydrogen-bond donors (Lipinski definition) is 1. The first-order chi connectivity index (χ1) is 8.34. The molecule has 0 spiro atoms. The summed E-state index contributed by atoms with van der Waals surface area (Å²) in [6, 6.07) is 8.93. The molecule has 1 saturated heterocycles. The molecule has 17 heavy (non-hydrogen) atoms. The van der Waals surface area contributed by atoms with Gasteiger partial charge in [-0.3, -0.25) is 0 Å². The Kier molecular flexibility index (Phi) is 3.06. The molecule has 2 aliphatic heterocycles. The highest BCUT2D eigenvalue weighted by atomic mass is 15.1. The largest absolute Gasteiger partial charge is 0.374 e. The lowest BCUT2D eigenvalue weighted by Gasteiger charge is -2.25. The zero-order valence-corrected chi connectivity index (χ0v) is 10.7. The zero-order chi connectivity index (χ0) is 11.7.